The quantitative estimate of drug-likeness (QED) is 0.606. The van der Waals surface area contributed by atoms with E-state index in [0.29, 0.717) is 26.2 Å². The molecule has 3 N–H and O–H groups in total. The molecule has 2 aromatic heterocycles. The first kappa shape index (κ1) is 19.5. The molecule has 0 unspecified atom stereocenters. The SMILES string of the molecule is NC=C(C=Nc1ccc(-n2ccncc2=O)cc1)CNC(=O)c1ccc(Cl)s1. The molecule has 3 rings (SSSR count). The summed E-state index contributed by atoms with van der Waals surface area (Å²) >= 11 is 7.04. The molecular formula is C19H16ClN5O2S. The highest BCUT2D eigenvalue weighted by Crippen LogP contribution is 2.21. The molecule has 0 saturated carbocycles. The molecule has 0 aliphatic heterocycles. The van der Waals surface area contributed by atoms with E-state index in [4.69, 9.17) is 17.3 Å². The van der Waals surface area contributed by atoms with E-state index in [2.05, 4.69) is 15.3 Å². The number of carbonyl (C=O) groups is 1. The van der Waals surface area contributed by atoms with Crippen LogP contribution in [-0.4, -0.2) is 28.2 Å². The molecule has 1 amide bonds. The summed E-state index contributed by atoms with van der Waals surface area (Å²) in [5.41, 5.74) is 7.44. The van der Waals surface area contributed by atoms with Gasteiger partial charge in [0.2, 0.25) is 0 Å². The Hall–Kier alpha value is -3.23. The number of nitrogens with one attached hydrogen (secondary N) is 1. The van der Waals surface area contributed by atoms with E-state index in [-0.39, 0.29) is 18.0 Å². The lowest BCUT2D eigenvalue weighted by atomic mass is 10.2. The molecule has 0 fully saturated rings. The highest BCUT2D eigenvalue weighted by molar-refractivity contribution is 7.18. The minimum atomic E-state index is -0.225. The van der Waals surface area contributed by atoms with Crippen LogP contribution in [0.5, 0.6) is 0 Å². The molecule has 0 atom stereocenters. The number of hydrogen-bond donors (Lipinski definition) is 2. The Labute approximate surface area is 169 Å². The van der Waals surface area contributed by atoms with Crippen molar-refractivity contribution in [2.45, 2.75) is 0 Å². The Bertz CT molecular complexity index is 1090. The Morgan fingerprint density at radius 3 is 2.71 bits per heavy atom. The van der Waals surface area contributed by atoms with Crippen molar-refractivity contribution in [1.29, 1.82) is 0 Å². The van der Waals surface area contributed by atoms with E-state index in [1.165, 1.54) is 28.3 Å². The van der Waals surface area contributed by atoms with Crippen LogP contribution in [0.1, 0.15) is 9.67 Å². The number of halogens is 1. The molecule has 1 aromatic carbocycles. The van der Waals surface area contributed by atoms with Gasteiger partial charge in [-0.2, -0.15) is 0 Å². The van der Waals surface area contributed by atoms with Crippen LogP contribution in [0.3, 0.4) is 0 Å². The summed E-state index contributed by atoms with van der Waals surface area (Å²) in [5.74, 6) is -0.225. The number of nitrogens with two attached hydrogens (primary N) is 1. The number of thiophene rings is 1. The Morgan fingerprint density at radius 2 is 2.07 bits per heavy atom. The van der Waals surface area contributed by atoms with Gasteiger partial charge in [-0.1, -0.05) is 11.6 Å². The summed E-state index contributed by atoms with van der Waals surface area (Å²) < 4.78 is 2.04. The number of rotatable bonds is 6. The van der Waals surface area contributed by atoms with Crippen LogP contribution in [0.25, 0.3) is 5.69 Å². The van der Waals surface area contributed by atoms with Gasteiger partial charge in [0, 0.05) is 42.6 Å². The van der Waals surface area contributed by atoms with E-state index in [0.717, 1.165) is 0 Å². The maximum atomic E-state index is 12.0. The van der Waals surface area contributed by atoms with Crippen LogP contribution >= 0.6 is 22.9 Å². The largest absolute Gasteiger partial charge is 0.404 e. The van der Waals surface area contributed by atoms with Gasteiger partial charge in [0.1, 0.15) is 0 Å². The summed E-state index contributed by atoms with van der Waals surface area (Å²) in [5, 5.41) is 2.77. The van der Waals surface area contributed by atoms with Gasteiger partial charge in [0.15, 0.2) is 0 Å². The second-order valence-corrected chi connectivity index (χ2v) is 7.30. The zero-order valence-corrected chi connectivity index (χ0v) is 16.2. The molecule has 3 aromatic rings. The number of hydrogen-bond acceptors (Lipinski definition) is 6. The predicted molar refractivity (Wildman–Crippen MR) is 112 cm³/mol. The average Bonchev–Trinajstić information content (AvgIpc) is 3.15. The molecule has 0 radical (unpaired) electrons. The van der Waals surface area contributed by atoms with Crippen molar-refractivity contribution in [3.8, 4) is 5.69 Å². The van der Waals surface area contributed by atoms with Crippen molar-refractivity contribution in [1.82, 2.24) is 14.9 Å². The van der Waals surface area contributed by atoms with Gasteiger partial charge < -0.3 is 11.1 Å². The van der Waals surface area contributed by atoms with E-state index in [9.17, 15) is 9.59 Å². The highest BCUT2D eigenvalue weighted by Gasteiger charge is 2.08. The minimum Gasteiger partial charge on any atom is -0.404 e. The fourth-order valence-electron chi connectivity index (χ4n) is 2.27. The molecule has 0 aliphatic rings. The Kier molecular flexibility index (Phi) is 6.36. The molecule has 7 nitrogen and oxygen atoms in total. The van der Waals surface area contributed by atoms with Gasteiger partial charge >= 0.3 is 0 Å². The number of nitrogens with zero attached hydrogens (tertiary/aromatic N) is 3. The molecule has 2 heterocycles. The van der Waals surface area contributed by atoms with Crippen molar-refractivity contribution in [3.05, 3.63) is 86.3 Å². The number of carbonyl (C=O) groups excluding carboxylic acids is 1. The first-order chi connectivity index (χ1) is 13.6. The lowest BCUT2D eigenvalue weighted by Crippen LogP contribution is -2.25. The number of benzene rings is 1. The molecule has 0 aliphatic carbocycles. The van der Waals surface area contributed by atoms with Crippen LogP contribution in [0.4, 0.5) is 5.69 Å². The van der Waals surface area contributed by atoms with Gasteiger partial charge in [0.25, 0.3) is 11.5 Å². The van der Waals surface area contributed by atoms with Gasteiger partial charge in [-0.3, -0.25) is 24.1 Å². The second kappa shape index (κ2) is 9.12. The fourth-order valence-corrected chi connectivity index (χ4v) is 3.23. The van der Waals surface area contributed by atoms with Gasteiger partial charge in [-0.05, 0) is 36.4 Å². The van der Waals surface area contributed by atoms with E-state index in [1.807, 2.05) is 0 Å². The van der Waals surface area contributed by atoms with Gasteiger partial charge in [-0.15, -0.1) is 11.3 Å². The monoisotopic (exact) mass is 413 g/mol. The third kappa shape index (κ3) is 4.93. The molecule has 0 saturated heterocycles. The molecule has 0 spiro atoms. The second-order valence-electron chi connectivity index (χ2n) is 5.59. The van der Waals surface area contributed by atoms with Crippen molar-refractivity contribution >= 4 is 40.7 Å². The summed E-state index contributed by atoms with van der Waals surface area (Å²) in [7, 11) is 0. The first-order valence-corrected chi connectivity index (χ1v) is 9.38. The summed E-state index contributed by atoms with van der Waals surface area (Å²) in [4.78, 5) is 32.5. The Balaban J connectivity index is 1.62. The van der Waals surface area contributed by atoms with Crippen LogP contribution in [0.2, 0.25) is 4.34 Å². The van der Waals surface area contributed by atoms with E-state index >= 15 is 0 Å². The molecular weight excluding hydrogens is 398 g/mol. The lowest BCUT2D eigenvalue weighted by molar-refractivity contribution is 0.0961. The van der Waals surface area contributed by atoms with Crippen LogP contribution < -0.4 is 16.6 Å². The van der Waals surface area contributed by atoms with Crippen molar-refractivity contribution < 1.29 is 4.79 Å². The Morgan fingerprint density at radius 1 is 1.29 bits per heavy atom. The van der Waals surface area contributed by atoms with E-state index in [1.54, 1.807) is 55.0 Å². The summed E-state index contributed by atoms with van der Waals surface area (Å²) in [6, 6.07) is 10.5. The number of aromatic nitrogens is 2. The smallest absolute Gasteiger partial charge is 0.273 e. The molecule has 28 heavy (non-hydrogen) atoms. The van der Waals surface area contributed by atoms with Crippen molar-refractivity contribution in [3.63, 3.8) is 0 Å². The molecule has 0 bridgehead atoms. The van der Waals surface area contributed by atoms with Crippen molar-refractivity contribution in [2.24, 2.45) is 10.7 Å². The van der Waals surface area contributed by atoms with Gasteiger partial charge in [-0.25, -0.2) is 0 Å². The zero-order valence-electron chi connectivity index (χ0n) is 14.6. The number of aliphatic imine (C=N–C) groups is 1. The highest BCUT2D eigenvalue weighted by atomic mass is 35.5. The fraction of sp³-hybridized carbons (Fsp3) is 0.0526. The standard InChI is InChI=1S/C19H16ClN5O2S/c20-17-6-5-16(28-17)19(27)24-11-13(9-21)10-23-14-1-3-15(4-2-14)25-8-7-22-12-18(25)26/h1-10,12H,11,21H2,(H,24,27). The number of amides is 1. The molecule has 9 heteroatoms. The summed E-state index contributed by atoms with van der Waals surface area (Å²) in [6.07, 6.45) is 7.36. The van der Waals surface area contributed by atoms with Crippen LogP contribution in [0, 0.1) is 0 Å². The lowest BCUT2D eigenvalue weighted by Gasteiger charge is -2.05. The van der Waals surface area contributed by atoms with E-state index < -0.39 is 0 Å². The zero-order chi connectivity index (χ0) is 19.9. The first-order valence-electron chi connectivity index (χ1n) is 8.18. The predicted octanol–water partition coefficient (Wildman–Crippen LogP) is 2.92. The van der Waals surface area contributed by atoms with Crippen molar-refractivity contribution in [2.75, 3.05) is 6.54 Å². The normalized spacial score (nSPS) is 11.7. The van der Waals surface area contributed by atoms with Gasteiger partial charge in [0.05, 0.1) is 21.1 Å². The topological polar surface area (TPSA) is 102 Å². The maximum Gasteiger partial charge on any atom is 0.273 e. The third-order valence-electron chi connectivity index (χ3n) is 3.70. The summed E-state index contributed by atoms with van der Waals surface area (Å²) in [6.45, 7) is 0.235. The maximum absolute atomic E-state index is 12.0. The minimum absolute atomic E-state index is 0.213. The van der Waals surface area contributed by atoms with Crippen LogP contribution in [-0.2, 0) is 0 Å². The van der Waals surface area contributed by atoms with Crippen LogP contribution in [0.15, 0.2) is 76.5 Å². The third-order valence-corrected chi connectivity index (χ3v) is 4.93. The molecule has 142 valence electrons. The average molecular weight is 414 g/mol.